The second-order valence-electron chi connectivity index (χ2n) is 4.38. The van der Waals surface area contributed by atoms with E-state index in [9.17, 15) is 13.2 Å². The zero-order valence-electron chi connectivity index (χ0n) is 10.6. The Balaban J connectivity index is 2.22. The molecule has 2 N–H and O–H groups in total. The summed E-state index contributed by atoms with van der Waals surface area (Å²) in [5.41, 5.74) is 6.41. The number of halogens is 3. The summed E-state index contributed by atoms with van der Waals surface area (Å²) in [7, 11) is 0. The van der Waals surface area contributed by atoms with Gasteiger partial charge in [0.15, 0.2) is 23.2 Å². The number of nitrogens with zero attached hydrogens (tertiary/aromatic N) is 1. The van der Waals surface area contributed by atoms with Crippen molar-refractivity contribution in [3.8, 4) is 22.5 Å². The SMILES string of the molecule is Nc1noc(-c2cccc(F)c2F)c1-c1ccc(F)cc1. The van der Waals surface area contributed by atoms with Crippen LogP contribution in [0, 0.1) is 17.5 Å². The quantitative estimate of drug-likeness (QED) is 0.776. The van der Waals surface area contributed by atoms with Gasteiger partial charge in [0.05, 0.1) is 11.1 Å². The van der Waals surface area contributed by atoms with Gasteiger partial charge in [0.1, 0.15) is 5.82 Å². The number of rotatable bonds is 2. The Morgan fingerprint density at radius 3 is 2.38 bits per heavy atom. The van der Waals surface area contributed by atoms with E-state index in [1.165, 1.54) is 36.4 Å². The van der Waals surface area contributed by atoms with E-state index in [4.69, 9.17) is 10.3 Å². The third-order valence-electron chi connectivity index (χ3n) is 3.05. The first kappa shape index (κ1) is 13.2. The van der Waals surface area contributed by atoms with E-state index in [2.05, 4.69) is 5.16 Å². The van der Waals surface area contributed by atoms with Crippen LogP contribution in [0.15, 0.2) is 47.0 Å². The molecule has 0 aliphatic heterocycles. The van der Waals surface area contributed by atoms with E-state index in [1.807, 2.05) is 0 Å². The van der Waals surface area contributed by atoms with Gasteiger partial charge in [-0.15, -0.1) is 0 Å². The van der Waals surface area contributed by atoms with Gasteiger partial charge < -0.3 is 10.3 Å². The van der Waals surface area contributed by atoms with Crippen molar-refractivity contribution in [2.45, 2.75) is 0 Å². The van der Waals surface area contributed by atoms with Crippen molar-refractivity contribution >= 4 is 5.82 Å². The summed E-state index contributed by atoms with van der Waals surface area (Å²) in [6.45, 7) is 0. The van der Waals surface area contributed by atoms with Gasteiger partial charge in [0.2, 0.25) is 0 Å². The highest BCUT2D eigenvalue weighted by atomic mass is 19.2. The molecule has 0 aliphatic rings. The fraction of sp³-hybridized carbons (Fsp3) is 0. The van der Waals surface area contributed by atoms with E-state index in [1.54, 1.807) is 0 Å². The maximum absolute atomic E-state index is 13.9. The Bertz CT molecular complexity index is 797. The molecule has 0 spiro atoms. The Labute approximate surface area is 117 Å². The van der Waals surface area contributed by atoms with Gasteiger partial charge >= 0.3 is 0 Å². The summed E-state index contributed by atoms with van der Waals surface area (Å²) in [4.78, 5) is 0. The molecule has 3 nitrogen and oxygen atoms in total. The summed E-state index contributed by atoms with van der Waals surface area (Å²) in [6.07, 6.45) is 0. The summed E-state index contributed by atoms with van der Waals surface area (Å²) in [5.74, 6) is -2.48. The van der Waals surface area contributed by atoms with E-state index < -0.39 is 17.5 Å². The molecule has 0 aliphatic carbocycles. The standard InChI is InChI=1S/C15H9F3N2O/c16-9-6-4-8(5-7-9)12-14(21-20-15(12)19)10-2-1-3-11(17)13(10)18/h1-7H,(H2,19,20). The molecular weight excluding hydrogens is 281 g/mol. The first-order chi connectivity index (χ1) is 10.1. The summed E-state index contributed by atoms with van der Waals surface area (Å²) in [6, 6.07) is 9.07. The number of aromatic nitrogens is 1. The van der Waals surface area contributed by atoms with Crippen molar-refractivity contribution in [3.05, 3.63) is 59.9 Å². The molecule has 0 bridgehead atoms. The van der Waals surface area contributed by atoms with Crippen LogP contribution in [-0.4, -0.2) is 5.16 Å². The molecule has 0 saturated heterocycles. The molecule has 2 aromatic carbocycles. The van der Waals surface area contributed by atoms with Crippen molar-refractivity contribution in [1.82, 2.24) is 5.16 Å². The average molecular weight is 290 g/mol. The van der Waals surface area contributed by atoms with Crippen LogP contribution in [0.2, 0.25) is 0 Å². The number of hydrogen-bond donors (Lipinski definition) is 1. The maximum atomic E-state index is 13.9. The van der Waals surface area contributed by atoms with Gasteiger partial charge in [-0.1, -0.05) is 23.4 Å². The van der Waals surface area contributed by atoms with Gasteiger partial charge in [-0.05, 0) is 29.8 Å². The van der Waals surface area contributed by atoms with Gasteiger partial charge in [-0.25, -0.2) is 13.2 Å². The molecule has 1 aromatic heterocycles. The molecule has 0 amide bonds. The van der Waals surface area contributed by atoms with Crippen molar-refractivity contribution in [2.75, 3.05) is 5.73 Å². The van der Waals surface area contributed by atoms with Crippen LogP contribution in [0.4, 0.5) is 19.0 Å². The molecule has 6 heteroatoms. The second-order valence-corrected chi connectivity index (χ2v) is 4.38. The van der Waals surface area contributed by atoms with Gasteiger partial charge in [-0.3, -0.25) is 0 Å². The van der Waals surface area contributed by atoms with Crippen molar-refractivity contribution in [3.63, 3.8) is 0 Å². The topological polar surface area (TPSA) is 52.0 Å². The molecule has 3 aromatic rings. The van der Waals surface area contributed by atoms with Crippen LogP contribution in [0.5, 0.6) is 0 Å². The molecule has 21 heavy (non-hydrogen) atoms. The van der Waals surface area contributed by atoms with E-state index in [0.29, 0.717) is 11.1 Å². The molecule has 0 unspecified atom stereocenters. The lowest BCUT2D eigenvalue weighted by Gasteiger charge is -2.04. The highest BCUT2D eigenvalue weighted by Crippen LogP contribution is 2.37. The fourth-order valence-electron chi connectivity index (χ4n) is 2.06. The largest absolute Gasteiger partial charge is 0.380 e. The number of hydrogen-bond acceptors (Lipinski definition) is 3. The Hall–Kier alpha value is -2.76. The average Bonchev–Trinajstić information content (AvgIpc) is 2.85. The first-order valence-corrected chi connectivity index (χ1v) is 6.03. The first-order valence-electron chi connectivity index (χ1n) is 6.03. The number of nitrogens with two attached hydrogens (primary N) is 1. The third-order valence-corrected chi connectivity index (χ3v) is 3.05. The molecule has 106 valence electrons. The zero-order valence-corrected chi connectivity index (χ0v) is 10.6. The van der Waals surface area contributed by atoms with Crippen LogP contribution in [0.1, 0.15) is 0 Å². The lowest BCUT2D eigenvalue weighted by atomic mass is 10.0. The Morgan fingerprint density at radius 2 is 1.67 bits per heavy atom. The molecule has 0 radical (unpaired) electrons. The maximum Gasteiger partial charge on any atom is 0.179 e. The highest BCUT2D eigenvalue weighted by molar-refractivity contribution is 5.86. The molecular formula is C15H9F3N2O. The summed E-state index contributed by atoms with van der Waals surface area (Å²) >= 11 is 0. The van der Waals surface area contributed by atoms with Crippen molar-refractivity contribution in [1.29, 1.82) is 0 Å². The highest BCUT2D eigenvalue weighted by Gasteiger charge is 2.21. The van der Waals surface area contributed by atoms with Gasteiger partial charge in [0.25, 0.3) is 0 Å². The van der Waals surface area contributed by atoms with Crippen LogP contribution >= 0.6 is 0 Å². The normalized spacial score (nSPS) is 10.8. The lowest BCUT2D eigenvalue weighted by Crippen LogP contribution is -1.92. The summed E-state index contributed by atoms with van der Waals surface area (Å²) in [5, 5.41) is 3.58. The molecule has 0 atom stereocenters. The minimum atomic E-state index is -1.06. The smallest absolute Gasteiger partial charge is 0.179 e. The van der Waals surface area contributed by atoms with Crippen molar-refractivity contribution in [2.24, 2.45) is 0 Å². The minimum Gasteiger partial charge on any atom is -0.380 e. The predicted octanol–water partition coefficient (Wildman–Crippen LogP) is 4.01. The van der Waals surface area contributed by atoms with Gasteiger partial charge in [-0.2, -0.15) is 0 Å². The predicted molar refractivity (Wildman–Crippen MR) is 71.7 cm³/mol. The van der Waals surface area contributed by atoms with Crippen LogP contribution < -0.4 is 5.73 Å². The van der Waals surface area contributed by atoms with E-state index in [0.717, 1.165) is 6.07 Å². The number of anilines is 1. The number of nitrogen functional groups attached to an aromatic ring is 1. The summed E-state index contributed by atoms with van der Waals surface area (Å²) < 4.78 is 45.2. The third kappa shape index (κ3) is 2.24. The van der Waals surface area contributed by atoms with E-state index >= 15 is 0 Å². The molecule has 0 fully saturated rings. The minimum absolute atomic E-state index is 0.00360. The molecule has 3 rings (SSSR count). The van der Waals surface area contributed by atoms with Crippen LogP contribution in [0.3, 0.4) is 0 Å². The lowest BCUT2D eigenvalue weighted by molar-refractivity contribution is 0.430. The van der Waals surface area contributed by atoms with Crippen LogP contribution in [-0.2, 0) is 0 Å². The van der Waals surface area contributed by atoms with Gasteiger partial charge in [0, 0.05) is 0 Å². The second kappa shape index (κ2) is 4.97. The zero-order chi connectivity index (χ0) is 15.0. The Kier molecular flexibility index (Phi) is 3.13. The monoisotopic (exact) mass is 290 g/mol. The number of benzene rings is 2. The molecule has 0 saturated carbocycles. The van der Waals surface area contributed by atoms with Crippen LogP contribution in [0.25, 0.3) is 22.5 Å². The van der Waals surface area contributed by atoms with E-state index in [-0.39, 0.29) is 17.1 Å². The fourth-order valence-corrected chi connectivity index (χ4v) is 2.06. The van der Waals surface area contributed by atoms with Crippen molar-refractivity contribution < 1.29 is 17.7 Å². The molecule has 1 heterocycles. The Morgan fingerprint density at radius 1 is 0.952 bits per heavy atom.